The van der Waals surface area contributed by atoms with Crippen molar-refractivity contribution in [2.45, 2.75) is 6.54 Å². The minimum atomic E-state index is -0.266. The van der Waals surface area contributed by atoms with Gasteiger partial charge in [-0.05, 0) is 30.3 Å². The standard InChI is InChI=1S/C15H16FNO/c1-17-10-11-5-3-4-6-13(11)14-8-7-12(18-2)9-15(14)16/h3-9,17H,10H2,1-2H3. The van der Waals surface area contributed by atoms with Crippen LogP contribution in [0.5, 0.6) is 5.75 Å². The Morgan fingerprint density at radius 3 is 2.56 bits per heavy atom. The Labute approximate surface area is 106 Å². The van der Waals surface area contributed by atoms with Gasteiger partial charge in [-0.3, -0.25) is 0 Å². The highest BCUT2D eigenvalue weighted by Crippen LogP contribution is 2.28. The summed E-state index contributed by atoms with van der Waals surface area (Å²) in [5.74, 6) is 0.264. The van der Waals surface area contributed by atoms with Gasteiger partial charge >= 0.3 is 0 Å². The van der Waals surface area contributed by atoms with Gasteiger partial charge in [-0.2, -0.15) is 0 Å². The third-order valence-electron chi connectivity index (χ3n) is 2.85. The fraction of sp³-hybridized carbons (Fsp3) is 0.200. The Morgan fingerprint density at radius 2 is 1.89 bits per heavy atom. The average molecular weight is 245 g/mol. The summed E-state index contributed by atoms with van der Waals surface area (Å²) in [6, 6.07) is 12.7. The fourth-order valence-corrected chi connectivity index (χ4v) is 1.97. The summed E-state index contributed by atoms with van der Waals surface area (Å²) in [7, 11) is 3.41. The van der Waals surface area contributed by atoms with Gasteiger partial charge in [0.2, 0.25) is 0 Å². The minimum absolute atomic E-state index is 0.266. The maximum Gasteiger partial charge on any atom is 0.134 e. The number of ether oxygens (including phenoxy) is 1. The van der Waals surface area contributed by atoms with E-state index in [0.717, 1.165) is 11.1 Å². The van der Waals surface area contributed by atoms with Crippen molar-refractivity contribution in [2.75, 3.05) is 14.2 Å². The fourth-order valence-electron chi connectivity index (χ4n) is 1.97. The number of benzene rings is 2. The van der Waals surface area contributed by atoms with Crippen molar-refractivity contribution in [3.05, 3.63) is 53.8 Å². The number of methoxy groups -OCH3 is 1. The number of nitrogens with one attached hydrogen (secondary N) is 1. The van der Waals surface area contributed by atoms with Gasteiger partial charge in [-0.1, -0.05) is 24.3 Å². The molecule has 0 unspecified atom stereocenters. The Morgan fingerprint density at radius 1 is 1.11 bits per heavy atom. The summed E-state index contributed by atoms with van der Waals surface area (Å²) in [4.78, 5) is 0. The second-order valence-electron chi connectivity index (χ2n) is 4.03. The zero-order valence-corrected chi connectivity index (χ0v) is 10.5. The van der Waals surface area contributed by atoms with E-state index in [9.17, 15) is 4.39 Å². The van der Waals surface area contributed by atoms with Gasteiger partial charge in [0.05, 0.1) is 7.11 Å². The van der Waals surface area contributed by atoms with Crippen molar-refractivity contribution in [3.63, 3.8) is 0 Å². The predicted octanol–water partition coefficient (Wildman–Crippen LogP) is 3.22. The Bertz CT molecular complexity index is 540. The van der Waals surface area contributed by atoms with Crippen LogP contribution < -0.4 is 10.1 Å². The molecular weight excluding hydrogens is 229 g/mol. The summed E-state index contributed by atoms with van der Waals surface area (Å²) < 4.78 is 19.1. The number of halogens is 1. The Balaban J connectivity index is 2.48. The normalized spacial score (nSPS) is 10.4. The third-order valence-corrected chi connectivity index (χ3v) is 2.85. The van der Waals surface area contributed by atoms with E-state index in [2.05, 4.69) is 5.32 Å². The van der Waals surface area contributed by atoms with Crippen LogP contribution >= 0.6 is 0 Å². The van der Waals surface area contributed by atoms with E-state index in [4.69, 9.17) is 4.74 Å². The molecule has 0 aliphatic carbocycles. The van der Waals surface area contributed by atoms with Crippen LogP contribution in [0, 0.1) is 5.82 Å². The van der Waals surface area contributed by atoms with Gasteiger partial charge in [0.15, 0.2) is 0 Å². The zero-order chi connectivity index (χ0) is 13.0. The molecule has 0 saturated carbocycles. The topological polar surface area (TPSA) is 21.3 Å². The van der Waals surface area contributed by atoms with Crippen LogP contribution in [-0.4, -0.2) is 14.2 Å². The number of rotatable bonds is 4. The molecule has 0 fully saturated rings. The van der Waals surface area contributed by atoms with E-state index in [0.29, 0.717) is 17.9 Å². The first-order valence-electron chi connectivity index (χ1n) is 5.82. The monoisotopic (exact) mass is 245 g/mol. The zero-order valence-electron chi connectivity index (χ0n) is 10.5. The van der Waals surface area contributed by atoms with E-state index in [1.165, 1.54) is 13.2 Å². The predicted molar refractivity (Wildman–Crippen MR) is 71.2 cm³/mol. The summed E-state index contributed by atoms with van der Waals surface area (Å²) in [5, 5.41) is 3.09. The molecule has 1 N–H and O–H groups in total. The molecule has 2 aromatic carbocycles. The molecule has 18 heavy (non-hydrogen) atoms. The lowest BCUT2D eigenvalue weighted by atomic mass is 9.99. The summed E-state index contributed by atoms with van der Waals surface area (Å²) in [6.45, 7) is 0.710. The summed E-state index contributed by atoms with van der Waals surface area (Å²) in [6.07, 6.45) is 0. The molecule has 0 spiro atoms. The van der Waals surface area contributed by atoms with Gasteiger partial charge in [-0.15, -0.1) is 0 Å². The Kier molecular flexibility index (Phi) is 3.95. The molecule has 0 radical (unpaired) electrons. The Hall–Kier alpha value is -1.87. The van der Waals surface area contributed by atoms with Crippen molar-refractivity contribution in [3.8, 4) is 16.9 Å². The van der Waals surface area contributed by atoms with Crippen LogP contribution in [0.4, 0.5) is 4.39 Å². The maximum absolute atomic E-state index is 14.0. The molecule has 0 atom stereocenters. The number of hydrogen-bond donors (Lipinski definition) is 1. The van der Waals surface area contributed by atoms with Crippen LogP contribution in [0.15, 0.2) is 42.5 Å². The molecule has 0 amide bonds. The van der Waals surface area contributed by atoms with Crippen LogP contribution in [0.1, 0.15) is 5.56 Å². The van der Waals surface area contributed by atoms with E-state index in [-0.39, 0.29) is 5.82 Å². The van der Waals surface area contributed by atoms with Crippen molar-refractivity contribution >= 4 is 0 Å². The first kappa shape index (κ1) is 12.6. The highest BCUT2D eigenvalue weighted by Gasteiger charge is 2.09. The van der Waals surface area contributed by atoms with Gasteiger partial charge < -0.3 is 10.1 Å². The minimum Gasteiger partial charge on any atom is -0.497 e. The molecule has 0 heterocycles. The van der Waals surface area contributed by atoms with Gasteiger partial charge in [0.25, 0.3) is 0 Å². The second-order valence-corrected chi connectivity index (χ2v) is 4.03. The molecule has 3 heteroatoms. The molecule has 2 aromatic rings. The van der Waals surface area contributed by atoms with E-state index >= 15 is 0 Å². The van der Waals surface area contributed by atoms with Crippen LogP contribution in [-0.2, 0) is 6.54 Å². The summed E-state index contributed by atoms with van der Waals surface area (Å²) >= 11 is 0. The molecule has 0 aliphatic heterocycles. The van der Waals surface area contributed by atoms with Crippen LogP contribution in [0.2, 0.25) is 0 Å². The molecule has 0 aliphatic rings. The second kappa shape index (κ2) is 5.65. The van der Waals surface area contributed by atoms with E-state index in [1.54, 1.807) is 12.1 Å². The first-order chi connectivity index (χ1) is 8.76. The first-order valence-corrected chi connectivity index (χ1v) is 5.82. The smallest absolute Gasteiger partial charge is 0.134 e. The molecule has 2 rings (SSSR count). The summed E-state index contributed by atoms with van der Waals surface area (Å²) in [5.41, 5.74) is 2.58. The van der Waals surface area contributed by atoms with Gasteiger partial charge in [-0.25, -0.2) is 4.39 Å². The highest BCUT2D eigenvalue weighted by molar-refractivity contribution is 5.68. The molecule has 0 saturated heterocycles. The lowest BCUT2D eigenvalue weighted by Gasteiger charge is -2.11. The van der Waals surface area contributed by atoms with Gasteiger partial charge in [0.1, 0.15) is 11.6 Å². The van der Waals surface area contributed by atoms with Gasteiger partial charge in [0, 0.05) is 18.2 Å². The van der Waals surface area contributed by atoms with Crippen molar-refractivity contribution < 1.29 is 9.13 Å². The lowest BCUT2D eigenvalue weighted by molar-refractivity contribution is 0.411. The lowest BCUT2D eigenvalue weighted by Crippen LogP contribution is -2.06. The molecule has 0 bridgehead atoms. The molecule has 0 aromatic heterocycles. The van der Waals surface area contributed by atoms with E-state index in [1.807, 2.05) is 31.3 Å². The van der Waals surface area contributed by atoms with Crippen molar-refractivity contribution in [2.24, 2.45) is 0 Å². The molecular formula is C15H16FNO. The van der Waals surface area contributed by atoms with Crippen molar-refractivity contribution in [1.29, 1.82) is 0 Å². The van der Waals surface area contributed by atoms with Crippen LogP contribution in [0.3, 0.4) is 0 Å². The molecule has 94 valence electrons. The quantitative estimate of drug-likeness (QED) is 0.893. The average Bonchev–Trinajstić information content (AvgIpc) is 2.40. The SMILES string of the molecule is CNCc1ccccc1-c1ccc(OC)cc1F. The van der Waals surface area contributed by atoms with Crippen LogP contribution in [0.25, 0.3) is 11.1 Å². The maximum atomic E-state index is 14.0. The largest absolute Gasteiger partial charge is 0.497 e. The molecule has 2 nitrogen and oxygen atoms in total. The van der Waals surface area contributed by atoms with E-state index < -0.39 is 0 Å². The highest BCUT2D eigenvalue weighted by atomic mass is 19.1. The number of hydrogen-bond acceptors (Lipinski definition) is 2. The third kappa shape index (κ3) is 2.51. The van der Waals surface area contributed by atoms with Crippen molar-refractivity contribution in [1.82, 2.24) is 5.32 Å².